The number of aliphatic hydroxyl groups is 1. The van der Waals surface area contributed by atoms with Crippen LogP contribution in [0.5, 0.6) is 0 Å². The third-order valence-electron chi connectivity index (χ3n) is 3.51. The van der Waals surface area contributed by atoms with Crippen molar-refractivity contribution in [1.29, 1.82) is 0 Å². The van der Waals surface area contributed by atoms with Crippen LogP contribution in [0.15, 0.2) is 0 Å². The zero-order valence-electron chi connectivity index (χ0n) is 12.1. The molecule has 0 radical (unpaired) electrons. The van der Waals surface area contributed by atoms with Gasteiger partial charge in [-0.25, -0.2) is 4.79 Å². The van der Waals surface area contributed by atoms with Crippen LogP contribution >= 0.6 is 0 Å². The molecule has 2 rings (SSSR count). The summed E-state index contributed by atoms with van der Waals surface area (Å²) in [7, 11) is 0. The molecule has 1 aliphatic carbocycles. The quantitative estimate of drug-likeness (QED) is 0.852. The molecule has 5 heteroatoms. The maximum Gasteiger partial charge on any atom is 0.410 e. The molecule has 110 valence electrons. The number of ether oxygens (including phenoxy) is 2. The van der Waals surface area contributed by atoms with Crippen LogP contribution in [0.2, 0.25) is 0 Å². The Labute approximate surface area is 114 Å². The van der Waals surface area contributed by atoms with Crippen LogP contribution < -0.4 is 0 Å². The van der Waals surface area contributed by atoms with Gasteiger partial charge in [0.2, 0.25) is 0 Å². The van der Waals surface area contributed by atoms with Gasteiger partial charge in [0.25, 0.3) is 0 Å². The second-order valence-corrected chi connectivity index (χ2v) is 6.70. The van der Waals surface area contributed by atoms with Crippen LogP contribution in [-0.2, 0) is 9.47 Å². The van der Waals surface area contributed by atoms with Crippen molar-refractivity contribution in [2.45, 2.75) is 63.8 Å². The number of likely N-dealkylation sites (tertiary alicyclic amines) is 1. The number of nitrogens with zero attached hydrogens (tertiary/aromatic N) is 1. The Morgan fingerprint density at radius 3 is 2.37 bits per heavy atom. The van der Waals surface area contributed by atoms with Crippen LogP contribution in [0.3, 0.4) is 0 Å². The van der Waals surface area contributed by atoms with Crippen molar-refractivity contribution in [1.82, 2.24) is 4.90 Å². The van der Waals surface area contributed by atoms with Gasteiger partial charge in [0, 0.05) is 13.1 Å². The van der Waals surface area contributed by atoms with E-state index in [9.17, 15) is 9.90 Å². The van der Waals surface area contributed by atoms with Crippen molar-refractivity contribution in [2.75, 3.05) is 19.7 Å². The van der Waals surface area contributed by atoms with E-state index in [2.05, 4.69) is 0 Å². The zero-order valence-corrected chi connectivity index (χ0v) is 12.1. The Balaban J connectivity index is 1.68. The molecule has 1 saturated heterocycles. The maximum atomic E-state index is 11.9. The molecular weight excluding hydrogens is 246 g/mol. The number of carbonyl (C=O) groups excluding carboxylic acids is 1. The van der Waals surface area contributed by atoms with Gasteiger partial charge in [-0.05, 0) is 46.5 Å². The summed E-state index contributed by atoms with van der Waals surface area (Å²) < 4.78 is 11.1. The highest BCUT2D eigenvalue weighted by atomic mass is 16.6. The number of hydrogen-bond acceptors (Lipinski definition) is 4. The smallest absolute Gasteiger partial charge is 0.410 e. The summed E-state index contributed by atoms with van der Waals surface area (Å²) >= 11 is 0. The van der Waals surface area contributed by atoms with Gasteiger partial charge in [0.15, 0.2) is 0 Å². The second-order valence-electron chi connectivity index (χ2n) is 6.70. The highest BCUT2D eigenvalue weighted by Gasteiger charge is 2.41. The molecule has 2 aliphatic rings. The minimum Gasteiger partial charge on any atom is -0.444 e. The van der Waals surface area contributed by atoms with Crippen LogP contribution in [0.25, 0.3) is 0 Å². The van der Waals surface area contributed by atoms with Crippen molar-refractivity contribution >= 4 is 6.09 Å². The summed E-state index contributed by atoms with van der Waals surface area (Å²) in [5, 5.41) is 9.72. The molecular formula is C14H25NO4. The van der Waals surface area contributed by atoms with Gasteiger partial charge in [0.1, 0.15) is 5.60 Å². The fourth-order valence-electron chi connectivity index (χ4n) is 2.09. The van der Waals surface area contributed by atoms with E-state index in [0.717, 1.165) is 25.7 Å². The molecule has 0 aromatic rings. The molecule has 19 heavy (non-hydrogen) atoms. The number of amides is 1. The van der Waals surface area contributed by atoms with Gasteiger partial charge in [-0.1, -0.05) is 0 Å². The molecule has 0 spiro atoms. The fourth-order valence-corrected chi connectivity index (χ4v) is 2.09. The van der Waals surface area contributed by atoms with Crippen molar-refractivity contribution in [2.24, 2.45) is 0 Å². The summed E-state index contributed by atoms with van der Waals surface area (Å²) in [6, 6.07) is 0. The summed E-state index contributed by atoms with van der Waals surface area (Å²) in [5.74, 6) is 0. The first-order valence-electron chi connectivity index (χ1n) is 7.09. The Morgan fingerprint density at radius 1 is 1.32 bits per heavy atom. The van der Waals surface area contributed by atoms with Crippen molar-refractivity contribution in [3.8, 4) is 0 Å². The predicted octanol–water partition coefficient (Wildman–Crippen LogP) is 1.93. The Morgan fingerprint density at radius 2 is 1.89 bits per heavy atom. The van der Waals surface area contributed by atoms with Crippen molar-refractivity contribution in [3.05, 3.63) is 0 Å². The zero-order chi connectivity index (χ0) is 14.1. The Bertz CT molecular complexity index is 325. The summed E-state index contributed by atoms with van der Waals surface area (Å²) in [4.78, 5) is 13.6. The minimum atomic E-state index is -0.553. The van der Waals surface area contributed by atoms with Gasteiger partial charge in [-0.15, -0.1) is 0 Å². The molecule has 1 amide bonds. The second kappa shape index (κ2) is 5.29. The first-order chi connectivity index (χ1) is 8.77. The molecule has 0 aromatic heterocycles. The first kappa shape index (κ1) is 14.6. The average molecular weight is 271 g/mol. The number of carbonyl (C=O) groups is 1. The average Bonchev–Trinajstić information content (AvgIpc) is 3.04. The number of rotatable bonds is 3. The third kappa shape index (κ3) is 4.66. The summed E-state index contributed by atoms with van der Waals surface area (Å²) in [5.41, 5.74) is -0.998. The molecule has 1 aliphatic heterocycles. The lowest BCUT2D eigenvalue weighted by molar-refractivity contribution is -0.0474. The van der Waals surface area contributed by atoms with Gasteiger partial charge in [-0.2, -0.15) is 0 Å². The monoisotopic (exact) mass is 271 g/mol. The maximum absolute atomic E-state index is 11.9. The lowest BCUT2D eigenvalue weighted by atomic mass is 10.1. The van der Waals surface area contributed by atoms with Gasteiger partial charge >= 0.3 is 6.09 Å². The normalized spacial score (nSPS) is 23.3. The van der Waals surface area contributed by atoms with E-state index in [4.69, 9.17) is 9.47 Å². The number of piperidine rings is 1. The fraction of sp³-hybridized carbons (Fsp3) is 0.929. The van der Waals surface area contributed by atoms with E-state index in [1.165, 1.54) is 0 Å². The van der Waals surface area contributed by atoms with Crippen LogP contribution in [-0.4, -0.2) is 53.1 Å². The molecule has 0 aromatic carbocycles. The van der Waals surface area contributed by atoms with Crippen LogP contribution in [0, 0.1) is 0 Å². The van der Waals surface area contributed by atoms with E-state index in [0.29, 0.717) is 19.7 Å². The summed E-state index contributed by atoms with van der Waals surface area (Å²) in [6.45, 7) is 7.38. The number of hydrogen-bond donors (Lipinski definition) is 1. The van der Waals surface area contributed by atoms with E-state index >= 15 is 0 Å². The predicted molar refractivity (Wildman–Crippen MR) is 71.0 cm³/mol. The van der Waals surface area contributed by atoms with Crippen LogP contribution in [0.4, 0.5) is 4.79 Å². The van der Waals surface area contributed by atoms with E-state index in [1.54, 1.807) is 4.90 Å². The highest BCUT2D eigenvalue weighted by Crippen LogP contribution is 2.35. The lowest BCUT2D eigenvalue weighted by Gasteiger charge is -2.33. The topological polar surface area (TPSA) is 59.0 Å². The largest absolute Gasteiger partial charge is 0.444 e. The van der Waals surface area contributed by atoms with Crippen LogP contribution in [0.1, 0.15) is 46.5 Å². The molecule has 0 unspecified atom stereocenters. The van der Waals surface area contributed by atoms with Crippen molar-refractivity contribution in [3.63, 3.8) is 0 Å². The molecule has 0 bridgehead atoms. The Hall–Kier alpha value is -0.810. The lowest BCUT2D eigenvalue weighted by Crippen LogP contribution is -2.43. The third-order valence-corrected chi connectivity index (χ3v) is 3.51. The van der Waals surface area contributed by atoms with E-state index in [-0.39, 0.29) is 12.2 Å². The SMILES string of the molecule is CC(C)(C)OC(=O)N1CCC(OCC2(O)CC2)CC1. The molecule has 2 fully saturated rings. The Kier molecular flexibility index (Phi) is 4.06. The van der Waals surface area contributed by atoms with E-state index in [1.807, 2.05) is 20.8 Å². The van der Waals surface area contributed by atoms with Gasteiger partial charge in [0.05, 0.1) is 18.3 Å². The first-order valence-corrected chi connectivity index (χ1v) is 7.09. The van der Waals surface area contributed by atoms with Crippen molar-refractivity contribution < 1.29 is 19.4 Å². The van der Waals surface area contributed by atoms with E-state index < -0.39 is 11.2 Å². The molecule has 1 N–H and O–H groups in total. The highest BCUT2D eigenvalue weighted by molar-refractivity contribution is 5.68. The summed E-state index contributed by atoms with van der Waals surface area (Å²) in [6.07, 6.45) is 3.24. The molecule has 1 heterocycles. The standard InChI is InChI=1S/C14H25NO4/c1-13(2,3)19-12(16)15-8-4-11(5-9-15)18-10-14(17)6-7-14/h11,17H,4-10H2,1-3H3. The molecule has 0 atom stereocenters. The molecule has 1 saturated carbocycles. The minimum absolute atomic E-state index is 0.156. The van der Waals surface area contributed by atoms with Gasteiger partial charge < -0.3 is 19.5 Å². The van der Waals surface area contributed by atoms with Gasteiger partial charge in [-0.3, -0.25) is 0 Å². The molecule has 5 nitrogen and oxygen atoms in total.